The first-order valence-electron chi connectivity index (χ1n) is 9.59. The van der Waals surface area contributed by atoms with Crippen molar-refractivity contribution in [3.63, 3.8) is 0 Å². The molecule has 0 radical (unpaired) electrons. The predicted molar refractivity (Wildman–Crippen MR) is 115 cm³/mol. The van der Waals surface area contributed by atoms with E-state index in [2.05, 4.69) is 10.5 Å². The number of hydrogen-bond donors (Lipinski definition) is 1. The van der Waals surface area contributed by atoms with Crippen molar-refractivity contribution in [1.29, 1.82) is 0 Å². The number of para-hydroxylation sites is 2. The first-order chi connectivity index (χ1) is 14.3. The van der Waals surface area contributed by atoms with Crippen molar-refractivity contribution in [2.24, 2.45) is 5.10 Å². The summed E-state index contributed by atoms with van der Waals surface area (Å²) in [5, 5.41) is 4.09. The second kappa shape index (κ2) is 10.7. The van der Waals surface area contributed by atoms with Crippen LogP contribution in [-0.4, -0.2) is 18.7 Å². The van der Waals surface area contributed by atoms with Crippen LogP contribution in [0.5, 0.6) is 11.5 Å². The quantitative estimate of drug-likeness (QED) is 0.422. The van der Waals surface area contributed by atoms with Gasteiger partial charge in [0, 0.05) is 5.56 Å². The number of rotatable bonds is 9. The summed E-state index contributed by atoms with van der Waals surface area (Å²) >= 11 is 0. The highest BCUT2D eigenvalue weighted by atomic mass is 16.5. The third-order valence-corrected chi connectivity index (χ3v) is 4.12. The van der Waals surface area contributed by atoms with Crippen molar-refractivity contribution >= 4 is 12.1 Å². The van der Waals surface area contributed by atoms with Crippen LogP contribution in [0.4, 0.5) is 0 Å². The molecule has 0 aliphatic carbocycles. The molecule has 3 rings (SSSR count). The summed E-state index contributed by atoms with van der Waals surface area (Å²) in [5.74, 6) is 0.922. The van der Waals surface area contributed by atoms with Gasteiger partial charge in [-0.1, -0.05) is 61.5 Å². The van der Waals surface area contributed by atoms with Crippen molar-refractivity contribution in [2.75, 3.05) is 6.61 Å². The molecule has 0 bridgehead atoms. The second-order valence-corrected chi connectivity index (χ2v) is 6.36. The number of nitrogens with zero attached hydrogens (tertiary/aromatic N) is 1. The highest BCUT2D eigenvalue weighted by Crippen LogP contribution is 2.19. The Labute approximate surface area is 171 Å². The molecule has 0 aliphatic heterocycles. The fraction of sp³-hybridized carbons (Fsp3) is 0.167. The molecular formula is C24H24N2O3. The summed E-state index contributed by atoms with van der Waals surface area (Å²) < 4.78 is 11.5. The minimum absolute atomic E-state index is 0.323. The van der Waals surface area contributed by atoms with Crippen LogP contribution in [0.1, 0.15) is 34.8 Å². The number of nitrogens with one attached hydrogen (secondary N) is 1. The number of ether oxygens (including phenoxy) is 2. The predicted octanol–water partition coefficient (Wildman–Crippen LogP) is 4.82. The Bertz CT molecular complexity index is 955. The van der Waals surface area contributed by atoms with E-state index in [0.29, 0.717) is 30.3 Å². The van der Waals surface area contributed by atoms with Crippen LogP contribution in [0.2, 0.25) is 0 Å². The van der Waals surface area contributed by atoms with E-state index in [9.17, 15) is 4.79 Å². The van der Waals surface area contributed by atoms with E-state index in [1.807, 2.05) is 67.6 Å². The topological polar surface area (TPSA) is 59.9 Å². The molecule has 0 saturated carbocycles. The molecule has 3 aromatic rings. The monoisotopic (exact) mass is 388 g/mol. The number of carbonyl (C=O) groups excluding carboxylic acids is 1. The molecule has 29 heavy (non-hydrogen) atoms. The Morgan fingerprint density at radius 1 is 0.897 bits per heavy atom. The maximum atomic E-state index is 12.5. The number of benzene rings is 3. The molecule has 1 N–H and O–H groups in total. The van der Waals surface area contributed by atoms with Crippen LogP contribution in [0.3, 0.4) is 0 Å². The van der Waals surface area contributed by atoms with Crippen LogP contribution in [0.25, 0.3) is 0 Å². The zero-order valence-corrected chi connectivity index (χ0v) is 16.4. The van der Waals surface area contributed by atoms with Gasteiger partial charge >= 0.3 is 0 Å². The molecule has 0 atom stereocenters. The molecule has 0 aromatic heterocycles. The molecule has 0 saturated heterocycles. The Balaban J connectivity index is 1.64. The lowest BCUT2D eigenvalue weighted by Gasteiger charge is -2.10. The van der Waals surface area contributed by atoms with Gasteiger partial charge in [-0.2, -0.15) is 5.10 Å². The van der Waals surface area contributed by atoms with E-state index in [-0.39, 0.29) is 5.91 Å². The van der Waals surface area contributed by atoms with Crippen molar-refractivity contribution in [3.05, 3.63) is 95.6 Å². The second-order valence-electron chi connectivity index (χ2n) is 6.36. The van der Waals surface area contributed by atoms with E-state index in [0.717, 1.165) is 17.5 Å². The fourth-order valence-corrected chi connectivity index (χ4v) is 2.67. The van der Waals surface area contributed by atoms with Gasteiger partial charge in [-0.15, -0.1) is 0 Å². The standard InChI is InChI=1S/C24H24N2O3/c1-2-16-28-23-15-9-7-13-21(23)24(27)26-25-17-20-12-6-8-14-22(20)29-18-19-10-4-3-5-11-19/h3-15,17H,2,16,18H2,1H3,(H,26,27)/b25-17+. The van der Waals surface area contributed by atoms with Gasteiger partial charge in [0.1, 0.15) is 18.1 Å². The van der Waals surface area contributed by atoms with Crippen LogP contribution in [0.15, 0.2) is 84.0 Å². The molecule has 0 heterocycles. The highest BCUT2D eigenvalue weighted by Gasteiger charge is 2.11. The van der Waals surface area contributed by atoms with Crippen molar-refractivity contribution in [1.82, 2.24) is 5.43 Å². The van der Waals surface area contributed by atoms with E-state index < -0.39 is 0 Å². The highest BCUT2D eigenvalue weighted by molar-refractivity contribution is 5.97. The number of amides is 1. The molecule has 3 aromatic carbocycles. The van der Waals surface area contributed by atoms with E-state index in [1.165, 1.54) is 0 Å². The normalized spacial score (nSPS) is 10.7. The molecule has 0 fully saturated rings. The first-order valence-corrected chi connectivity index (χ1v) is 9.59. The SMILES string of the molecule is CCCOc1ccccc1C(=O)N/N=C/c1ccccc1OCc1ccccc1. The summed E-state index contributed by atoms with van der Waals surface area (Å²) in [4.78, 5) is 12.5. The average molecular weight is 388 g/mol. The van der Waals surface area contributed by atoms with Gasteiger partial charge in [0.15, 0.2) is 0 Å². The summed E-state index contributed by atoms with van der Waals surface area (Å²) in [7, 11) is 0. The average Bonchev–Trinajstić information content (AvgIpc) is 2.78. The minimum Gasteiger partial charge on any atom is -0.493 e. The van der Waals surface area contributed by atoms with E-state index in [1.54, 1.807) is 24.4 Å². The molecule has 0 spiro atoms. The fourth-order valence-electron chi connectivity index (χ4n) is 2.67. The van der Waals surface area contributed by atoms with Gasteiger partial charge in [-0.3, -0.25) is 4.79 Å². The van der Waals surface area contributed by atoms with E-state index >= 15 is 0 Å². The minimum atomic E-state index is -0.323. The Morgan fingerprint density at radius 2 is 1.59 bits per heavy atom. The molecule has 148 valence electrons. The van der Waals surface area contributed by atoms with Crippen LogP contribution >= 0.6 is 0 Å². The maximum Gasteiger partial charge on any atom is 0.275 e. The molecule has 0 unspecified atom stereocenters. The first kappa shape index (κ1) is 20.1. The number of hydrogen-bond acceptors (Lipinski definition) is 4. The number of carbonyl (C=O) groups is 1. The molecular weight excluding hydrogens is 364 g/mol. The van der Waals surface area contributed by atoms with Crippen LogP contribution in [0, 0.1) is 0 Å². The third-order valence-electron chi connectivity index (χ3n) is 4.12. The molecule has 1 amide bonds. The van der Waals surface area contributed by atoms with Gasteiger partial charge in [0.25, 0.3) is 5.91 Å². The molecule has 0 aliphatic rings. The third kappa shape index (κ3) is 5.94. The van der Waals surface area contributed by atoms with Crippen molar-refractivity contribution in [3.8, 4) is 11.5 Å². The Kier molecular flexibility index (Phi) is 7.41. The summed E-state index contributed by atoms with van der Waals surface area (Å²) in [6.07, 6.45) is 2.45. The van der Waals surface area contributed by atoms with Gasteiger partial charge in [0.2, 0.25) is 0 Å². The maximum absolute atomic E-state index is 12.5. The van der Waals surface area contributed by atoms with Crippen LogP contribution < -0.4 is 14.9 Å². The lowest BCUT2D eigenvalue weighted by Crippen LogP contribution is -2.19. The van der Waals surface area contributed by atoms with E-state index in [4.69, 9.17) is 9.47 Å². The van der Waals surface area contributed by atoms with Crippen LogP contribution in [-0.2, 0) is 6.61 Å². The van der Waals surface area contributed by atoms with Gasteiger partial charge < -0.3 is 9.47 Å². The summed E-state index contributed by atoms with van der Waals surface area (Å²) in [6, 6.07) is 24.6. The Morgan fingerprint density at radius 3 is 2.38 bits per heavy atom. The smallest absolute Gasteiger partial charge is 0.275 e. The van der Waals surface area contributed by atoms with Crippen molar-refractivity contribution < 1.29 is 14.3 Å². The lowest BCUT2D eigenvalue weighted by atomic mass is 10.2. The summed E-state index contributed by atoms with van der Waals surface area (Å²) in [5.41, 5.74) is 4.87. The summed E-state index contributed by atoms with van der Waals surface area (Å²) in [6.45, 7) is 3.03. The Hall–Kier alpha value is -3.60. The lowest BCUT2D eigenvalue weighted by molar-refractivity contribution is 0.0951. The molecule has 5 heteroatoms. The molecule has 5 nitrogen and oxygen atoms in total. The van der Waals surface area contributed by atoms with Crippen molar-refractivity contribution in [2.45, 2.75) is 20.0 Å². The zero-order chi connectivity index (χ0) is 20.3. The number of hydrazone groups is 1. The zero-order valence-electron chi connectivity index (χ0n) is 16.4. The van der Waals surface area contributed by atoms with Gasteiger partial charge in [0.05, 0.1) is 18.4 Å². The van der Waals surface area contributed by atoms with Gasteiger partial charge in [-0.25, -0.2) is 5.43 Å². The van der Waals surface area contributed by atoms with Gasteiger partial charge in [-0.05, 0) is 36.2 Å². The largest absolute Gasteiger partial charge is 0.493 e.